The molecule has 160 valence electrons. The molecule has 3 aromatic heterocycles. The number of amides is 1. The Bertz CT molecular complexity index is 1380. The Morgan fingerprint density at radius 1 is 1.16 bits per heavy atom. The number of carbonyl (C=O) groups is 1. The molecule has 1 N–H and O–H groups in total. The summed E-state index contributed by atoms with van der Waals surface area (Å²) in [6.07, 6.45) is 4.72. The van der Waals surface area contributed by atoms with Gasteiger partial charge in [-0.25, -0.2) is 23.8 Å². The predicted octanol–water partition coefficient (Wildman–Crippen LogP) is 0.572. The van der Waals surface area contributed by atoms with E-state index in [1.54, 1.807) is 17.7 Å². The molecule has 0 spiro atoms. The van der Waals surface area contributed by atoms with E-state index in [9.17, 15) is 18.8 Å². The normalized spacial score (nSPS) is 11.2. The van der Waals surface area contributed by atoms with Gasteiger partial charge in [-0.2, -0.15) is 5.10 Å². The molecule has 0 aliphatic rings. The standard InChI is InChI=1S/C19H19FN8O3/c1-25-17-16(18(30)26(2)19(25)31)27(11-22-17)7-3-4-15(29)24-12-5-6-14(13(20)8-12)28-10-21-9-23-28/h5-6,8-11H,3-4,7H2,1-2H3,(H,24,29). The molecule has 0 saturated carbocycles. The van der Waals surface area contributed by atoms with Gasteiger partial charge < -0.3 is 9.88 Å². The molecule has 0 aliphatic heterocycles. The summed E-state index contributed by atoms with van der Waals surface area (Å²) in [5, 5.41) is 6.52. The van der Waals surface area contributed by atoms with Gasteiger partial charge in [0.25, 0.3) is 5.56 Å². The minimum Gasteiger partial charge on any atom is -0.326 e. The summed E-state index contributed by atoms with van der Waals surface area (Å²) >= 11 is 0. The largest absolute Gasteiger partial charge is 0.332 e. The highest BCUT2D eigenvalue weighted by atomic mass is 19.1. The Morgan fingerprint density at radius 2 is 1.97 bits per heavy atom. The van der Waals surface area contributed by atoms with E-state index in [-0.39, 0.29) is 18.0 Å². The first-order valence-electron chi connectivity index (χ1n) is 9.42. The molecule has 4 rings (SSSR count). The highest BCUT2D eigenvalue weighted by Gasteiger charge is 2.14. The fourth-order valence-corrected chi connectivity index (χ4v) is 3.30. The van der Waals surface area contributed by atoms with Gasteiger partial charge >= 0.3 is 5.69 Å². The van der Waals surface area contributed by atoms with Crippen molar-refractivity contribution in [2.45, 2.75) is 19.4 Å². The zero-order valence-electron chi connectivity index (χ0n) is 16.8. The quantitative estimate of drug-likeness (QED) is 0.481. The highest BCUT2D eigenvalue weighted by molar-refractivity contribution is 5.90. The number of hydrogen-bond acceptors (Lipinski definition) is 6. The van der Waals surface area contributed by atoms with Gasteiger partial charge in [-0.3, -0.25) is 18.7 Å². The Balaban J connectivity index is 1.41. The number of nitrogens with zero attached hydrogens (tertiary/aromatic N) is 7. The van der Waals surface area contributed by atoms with Crippen LogP contribution >= 0.6 is 0 Å². The van der Waals surface area contributed by atoms with Gasteiger partial charge in [0.15, 0.2) is 17.0 Å². The fourth-order valence-electron chi connectivity index (χ4n) is 3.30. The Kier molecular flexibility index (Phi) is 5.19. The molecule has 0 unspecified atom stereocenters. The van der Waals surface area contributed by atoms with Gasteiger partial charge in [0.1, 0.15) is 18.3 Å². The second kappa shape index (κ2) is 7.97. The van der Waals surface area contributed by atoms with Gasteiger partial charge in [-0.1, -0.05) is 0 Å². The minimum absolute atomic E-state index is 0.151. The van der Waals surface area contributed by atoms with Crippen LogP contribution in [0.4, 0.5) is 10.1 Å². The maximum absolute atomic E-state index is 14.3. The Morgan fingerprint density at radius 3 is 2.68 bits per heavy atom. The summed E-state index contributed by atoms with van der Waals surface area (Å²) in [6, 6.07) is 4.28. The molecule has 1 aromatic carbocycles. The van der Waals surface area contributed by atoms with Crippen molar-refractivity contribution in [3.63, 3.8) is 0 Å². The average Bonchev–Trinajstić information content (AvgIpc) is 3.41. The van der Waals surface area contributed by atoms with E-state index in [4.69, 9.17) is 0 Å². The van der Waals surface area contributed by atoms with E-state index in [2.05, 4.69) is 20.4 Å². The van der Waals surface area contributed by atoms with E-state index in [0.29, 0.717) is 29.8 Å². The highest BCUT2D eigenvalue weighted by Crippen LogP contribution is 2.18. The van der Waals surface area contributed by atoms with Gasteiger partial charge in [0, 0.05) is 32.7 Å². The minimum atomic E-state index is -0.547. The lowest BCUT2D eigenvalue weighted by Crippen LogP contribution is -2.37. The first-order chi connectivity index (χ1) is 14.9. The van der Waals surface area contributed by atoms with Crippen molar-refractivity contribution >= 4 is 22.8 Å². The number of carbonyl (C=O) groups excluding carboxylic acids is 1. The van der Waals surface area contributed by atoms with Gasteiger partial charge in [0.05, 0.1) is 6.33 Å². The molecule has 0 fully saturated rings. The summed E-state index contributed by atoms with van der Waals surface area (Å²) in [7, 11) is 2.95. The number of benzene rings is 1. The summed E-state index contributed by atoms with van der Waals surface area (Å²) in [4.78, 5) is 44.6. The van der Waals surface area contributed by atoms with E-state index in [0.717, 1.165) is 4.57 Å². The second-order valence-corrected chi connectivity index (χ2v) is 6.97. The van der Waals surface area contributed by atoms with Crippen LogP contribution in [-0.2, 0) is 25.4 Å². The predicted molar refractivity (Wildman–Crippen MR) is 109 cm³/mol. The summed E-state index contributed by atoms with van der Waals surface area (Å²) < 4.78 is 19.5. The third kappa shape index (κ3) is 3.74. The second-order valence-electron chi connectivity index (χ2n) is 6.97. The molecular formula is C19H19FN8O3. The molecule has 1 amide bonds. The molecule has 4 aromatic rings. The number of fused-ring (bicyclic) bond motifs is 1. The molecule has 0 aliphatic carbocycles. The van der Waals surface area contributed by atoms with Crippen LogP contribution in [0.3, 0.4) is 0 Å². The van der Waals surface area contributed by atoms with Crippen LogP contribution in [0.15, 0.2) is 46.8 Å². The maximum atomic E-state index is 14.3. The summed E-state index contributed by atoms with van der Waals surface area (Å²) in [5.41, 5.74) is 0.241. The lowest BCUT2D eigenvalue weighted by molar-refractivity contribution is -0.116. The van der Waals surface area contributed by atoms with Crippen molar-refractivity contribution in [1.29, 1.82) is 0 Å². The molecule has 12 heteroatoms. The van der Waals surface area contributed by atoms with Crippen molar-refractivity contribution in [2.24, 2.45) is 14.1 Å². The molecule has 11 nitrogen and oxygen atoms in total. The molecule has 3 heterocycles. The molecule has 0 saturated heterocycles. The number of halogens is 1. The van der Waals surface area contributed by atoms with E-state index in [1.807, 2.05) is 0 Å². The van der Waals surface area contributed by atoms with Crippen molar-refractivity contribution in [3.05, 3.63) is 63.8 Å². The van der Waals surface area contributed by atoms with Crippen molar-refractivity contribution < 1.29 is 9.18 Å². The van der Waals surface area contributed by atoms with Crippen LogP contribution in [0.1, 0.15) is 12.8 Å². The van der Waals surface area contributed by atoms with Gasteiger partial charge in [-0.05, 0) is 24.6 Å². The van der Waals surface area contributed by atoms with E-state index >= 15 is 0 Å². The van der Waals surface area contributed by atoms with Gasteiger partial charge in [0.2, 0.25) is 5.91 Å². The smallest absolute Gasteiger partial charge is 0.326 e. The number of hydrogen-bond donors (Lipinski definition) is 1. The van der Waals surface area contributed by atoms with Crippen molar-refractivity contribution in [3.8, 4) is 5.69 Å². The number of aromatic nitrogens is 7. The zero-order valence-corrected chi connectivity index (χ0v) is 16.8. The van der Waals surface area contributed by atoms with Crippen LogP contribution in [0.2, 0.25) is 0 Å². The third-order valence-electron chi connectivity index (χ3n) is 4.92. The van der Waals surface area contributed by atoms with E-state index in [1.165, 1.54) is 47.4 Å². The van der Waals surface area contributed by atoms with E-state index < -0.39 is 17.1 Å². The SMILES string of the molecule is Cn1c(=O)c2c(ncn2CCCC(=O)Nc2ccc(-n3cncn3)c(F)c2)n(C)c1=O. The average molecular weight is 426 g/mol. The molecule has 0 bridgehead atoms. The Labute approximate surface area is 174 Å². The molecule has 0 radical (unpaired) electrons. The molecular weight excluding hydrogens is 407 g/mol. The van der Waals surface area contributed by atoms with Crippen LogP contribution in [0, 0.1) is 5.82 Å². The van der Waals surface area contributed by atoms with Crippen LogP contribution in [0.5, 0.6) is 0 Å². The number of aryl methyl sites for hydroxylation is 2. The van der Waals surface area contributed by atoms with Crippen LogP contribution < -0.4 is 16.6 Å². The molecule has 0 atom stereocenters. The fraction of sp³-hybridized carbons (Fsp3) is 0.263. The van der Waals surface area contributed by atoms with Gasteiger partial charge in [-0.15, -0.1) is 0 Å². The number of anilines is 1. The lowest BCUT2D eigenvalue weighted by atomic mass is 10.2. The summed E-state index contributed by atoms with van der Waals surface area (Å²) in [5.74, 6) is -0.840. The summed E-state index contributed by atoms with van der Waals surface area (Å²) in [6.45, 7) is 0.358. The zero-order chi connectivity index (χ0) is 22.1. The van der Waals surface area contributed by atoms with Crippen molar-refractivity contribution in [2.75, 3.05) is 5.32 Å². The van der Waals surface area contributed by atoms with Crippen LogP contribution in [0.25, 0.3) is 16.9 Å². The lowest BCUT2D eigenvalue weighted by Gasteiger charge is -2.09. The Hall–Kier alpha value is -4.09. The first kappa shape index (κ1) is 20.2. The number of rotatable bonds is 6. The van der Waals surface area contributed by atoms with Crippen LogP contribution in [-0.4, -0.2) is 39.4 Å². The topological polar surface area (TPSA) is 122 Å². The third-order valence-corrected chi connectivity index (χ3v) is 4.92. The number of imidazole rings is 1. The van der Waals surface area contributed by atoms with Crippen molar-refractivity contribution in [1.82, 2.24) is 33.4 Å². The monoisotopic (exact) mass is 426 g/mol. The first-order valence-corrected chi connectivity index (χ1v) is 9.42. The molecule has 31 heavy (non-hydrogen) atoms. The number of nitrogens with one attached hydrogen (secondary N) is 1. The maximum Gasteiger partial charge on any atom is 0.332 e.